The van der Waals surface area contributed by atoms with Crippen LogP contribution in [-0.2, 0) is 0 Å². The fourth-order valence-corrected chi connectivity index (χ4v) is 2.04. The van der Waals surface area contributed by atoms with Crippen molar-refractivity contribution in [2.45, 2.75) is 20.8 Å². The van der Waals surface area contributed by atoms with Gasteiger partial charge in [0.05, 0.1) is 11.4 Å². The number of benzene rings is 2. The van der Waals surface area contributed by atoms with Gasteiger partial charge in [-0.25, -0.2) is 0 Å². The lowest BCUT2D eigenvalue weighted by Gasteiger charge is -2.11. The lowest BCUT2D eigenvalue weighted by atomic mass is 10.0. The molecule has 2 rings (SSSR count). The number of carbonyl (C=O) groups is 1. The van der Waals surface area contributed by atoms with Gasteiger partial charge in [0, 0.05) is 5.56 Å². The second-order valence-electron chi connectivity index (χ2n) is 4.86. The molecular formula is C16H18N2O. The van der Waals surface area contributed by atoms with Gasteiger partial charge in [0.1, 0.15) is 0 Å². The van der Waals surface area contributed by atoms with Crippen LogP contribution in [0.3, 0.4) is 0 Å². The van der Waals surface area contributed by atoms with Crippen molar-refractivity contribution in [3.8, 4) is 0 Å². The fraction of sp³-hybridized carbons (Fsp3) is 0.188. The number of nitrogens with two attached hydrogens (primary N) is 1. The number of carbonyl (C=O) groups excluding carboxylic acids is 1. The topological polar surface area (TPSA) is 55.1 Å². The predicted molar refractivity (Wildman–Crippen MR) is 79.5 cm³/mol. The first kappa shape index (κ1) is 13.1. The second kappa shape index (κ2) is 5.14. The van der Waals surface area contributed by atoms with Crippen LogP contribution in [0.25, 0.3) is 0 Å². The van der Waals surface area contributed by atoms with Crippen LogP contribution in [0.1, 0.15) is 27.0 Å². The zero-order chi connectivity index (χ0) is 14.0. The third-order valence-electron chi connectivity index (χ3n) is 3.08. The number of anilines is 2. The Bertz CT molecular complexity index is 633. The normalized spacial score (nSPS) is 10.3. The molecule has 0 aliphatic carbocycles. The Kier molecular flexibility index (Phi) is 3.56. The molecule has 0 heterocycles. The highest BCUT2D eigenvalue weighted by Gasteiger charge is 2.10. The van der Waals surface area contributed by atoms with Gasteiger partial charge in [-0.3, -0.25) is 4.79 Å². The summed E-state index contributed by atoms with van der Waals surface area (Å²) in [6.45, 7) is 5.90. The summed E-state index contributed by atoms with van der Waals surface area (Å²) in [5.41, 5.74) is 10.9. The molecular weight excluding hydrogens is 236 g/mol. The smallest absolute Gasteiger partial charge is 0.255 e. The third kappa shape index (κ3) is 2.94. The van der Waals surface area contributed by atoms with Gasteiger partial charge in [-0.1, -0.05) is 23.8 Å². The molecule has 98 valence electrons. The van der Waals surface area contributed by atoms with Crippen LogP contribution in [0.4, 0.5) is 11.4 Å². The summed E-state index contributed by atoms with van der Waals surface area (Å²) in [5, 5.41) is 2.86. The summed E-state index contributed by atoms with van der Waals surface area (Å²) in [4.78, 5) is 12.2. The number of aryl methyl sites for hydroxylation is 3. The Hall–Kier alpha value is -2.29. The molecule has 0 unspecified atom stereocenters. The monoisotopic (exact) mass is 254 g/mol. The van der Waals surface area contributed by atoms with E-state index in [9.17, 15) is 4.79 Å². The molecule has 3 nitrogen and oxygen atoms in total. The minimum absolute atomic E-state index is 0.130. The van der Waals surface area contributed by atoms with Gasteiger partial charge in [-0.15, -0.1) is 0 Å². The molecule has 0 radical (unpaired) electrons. The van der Waals surface area contributed by atoms with E-state index < -0.39 is 0 Å². The third-order valence-corrected chi connectivity index (χ3v) is 3.08. The average Bonchev–Trinajstić information content (AvgIpc) is 2.33. The highest BCUT2D eigenvalue weighted by atomic mass is 16.1. The van der Waals surface area contributed by atoms with Crippen LogP contribution in [0, 0.1) is 20.8 Å². The first-order valence-electron chi connectivity index (χ1n) is 6.22. The van der Waals surface area contributed by atoms with Gasteiger partial charge in [0.25, 0.3) is 5.91 Å². The maximum atomic E-state index is 12.2. The van der Waals surface area contributed by atoms with E-state index in [1.807, 2.05) is 51.1 Å². The Labute approximate surface area is 113 Å². The van der Waals surface area contributed by atoms with Crippen molar-refractivity contribution in [1.29, 1.82) is 0 Å². The highest BCUT2D eigenvalue weighted by molar-refractivity contribution is 6.06. The highest BCUT2D eigenvalue weighted by Crippen LogP contribution is 2.21. The lowest BCUT2D eigenvalue weighted by molar-refractivity contribution is 0.102. The van der Waals surface area contributed by atoms with Gasteiger partial charge in [0.15, 0.2) is 0 Å². The number of hydrogen-bond donors (Lipinski definition) is 2. The first-order chi connectivity index (χ1) is 8.97. The van der Waals surface area contributed by atoms with Crippen LogP contribution >= 0.6 is 0 Å². The lowest BCUT2D eigenvalue weighted by Crippen LogP contribution is -2.14. The first-order valence-corrected chi connectivity index (χ1v) is 6.22. The quantitative estimate of drug-likeness (QED) is 0.806. The molecule has 0 aliphatic rings. The van der Waals surface area contributed by atoms with Crippen molar-refractivity contribution in [2.24, 2.45) is 0 Å². The maximum absolute atomic E-state index is 12.2. The number of hydrogen-bond acceptors (Lipinski definition) is 2. The van der Waals surface area contributed by atoms with Crippen molar-refractivity contribution in [3.63, 3.8) is 0 Å². The molecule has 1 amide bonds. The van der Waals surface area contributed by atoms with Gasteiger partial charge in [-0.2, -0.15) is 0 Å². The largest absolute Gasteiger partial charge is 0.397 e. The molecule has 0 saturated heterocycles. The summed E-state index contributed by atoms with van der Waals surface area (Å²) < 4.78 is 0. The molecule has 0 fully saturated rings. The molecule has 0 atom stereocenters. The molecule has 2 aromatic carbocycles. The second-order valence-corrected chi connectivity index (χ2v) is 4.86. The Morgan fingerprint density at radius 3 is 2.32 bits per heavy atom. The molecule has 3 N–H and O–H groups in total. The van der Waals surface area contributed by atoms with E-state index in [1.54, 1.807) is 6.07 Å². The summed E-state index contributed by atoms with van der Waals surface area (Å²) in [6.07, 6.45) is 0. The van der Waals surface area contributed by atoms with E-state index in [1.165, 1.54) is 0 Å². The minimum atomic E-state index is -0.130. The van der Waals surface area contributed by atoms with Crippen LogP contribution in [-0.4, -0.2) is 5.91 Å². The van der Waals surface area contributed by atoms with Crippen LogP contribution in [0.2, 0.25) is 0 Å². The van der Waals surface area contributed by atoms with Crippen LogP contribution < -0.4 is 11.1 Å². The number of amides is 1. The average molecular weight is 254 g/mol. The fourth-order valence-electron chi connectivity index (χ4n) is 2.04. The Balaban J connectivity index is 2.28. The number of rotatable bonds is 2. The van der Waals surface area contributed by atoms with Crippen LogP contribution in [0.15, 0.2) is 36.4 Å². The molecule has 0 bridgehead atoms. The van der Waals surface area contributed by atoms with Gasteiger partial charge < -0.3 is 11.1 Å². The van der Waals surface area contributed by atoms with Crippen molar-refractivity contribution in [1.82, 2.24) is 0 Å². The van der Waals surface area contributed by atoms with E-state index in [-0.39, 0.29) is 5.91 Å². The molecule has 0 saturated carbocycles. The molecule has 3 heteroatoms. The zero-order valence-electron chi connectivity index (χ0n) is 11.4. The summed E-state index contributed by atoms with van der Waals surface area (Å²) in [5.74, 6) is -0.130. The predicted octanol–water partition coefficient (Wildman–Crippen LogP) is 3.45. The van der Waals surface area contributed by atoms with Crippen molar-refractivity contribution in [3.05, 3.63) is 58.7 Å². The summed E-state index contributed by atoms with van der Waals surface area (Å²) in [7, 11) is 0. The van der Waals surface area contributed by atoms with Gasteiger partial charge in [-0.05, 0) is 50.1 Å². The van der Waals surface area contributed by atoms with E-state index in [2.05, 4.69) is 5.32 Å². The minimum Gasteiger partial charge on any atom is -0.397 e. The molecule has 0 aliphatic heterocycles. The Morgan fingerprint density at radius 1 is 1.00 bits per heavy atom. The molecule has 19 heavy (non-hydrogen) atoms. The van der Waals surface area contributed by atoms with Gasteiger partial charge >= 0.3 is 0 Å². The van der Waals surface area contributed by atoms with Gasteiger partial charge in [0.2, 0.25) is 0 Å². The maximum Gasteiger partial charge on any atom is 0.255 e. The van der Waals surface area contributed by atoms with E-state index >= 15 is 0 Å². The standard InChI is InChI=1S/C16H18N2O/c1-10-4-6-13(12(3)8-10)16(19)18-15-9-11(2)5-7-14(15)17/h4-9H,17H2,1-3H3,(H,18,19). The SMILES string of the molecule is Cc1ccc(C(=O)Nc2cc(C)ccc2N)c(C)c1. The summed E-state index contributed by atoms with van der Waals surface area (Å²) in [6, 6.07) is 11.4. The molecule has 0 aromatic heterocycles. The zero-order valence-corrected chi connectivity index (χ0v) is 11.4. The number of nitrogen functional groups attached to an aromatic ring is 1. The molecule has 0 spiro atoms. The van der Waals surface area contributed by atoms with Crippen molar-refractivity contribution < 1.29 is 4.79 Å². The van der Waals surface area contributed by atoms with Crippen LogP contribution in [0.5, 0.6) is 0 Å². The molecule has 2 aromatic rings. The van der Waals surface area contributed by atoms with E-state index in [4.69, 9.17) is 5.73 Å². The Morgan fingerprint density at radius 2 is 1.63 bits per heavy atom. The number of nitrogens with one attached hydrogen (secondary N) is 1. The van der Waals surface area contributed by atoms with E-state index in [0.717, 1.165) is 16.7 Å². The van der Waals surface area contributed by atoms with E-state index in [0.29, 0.717) is 16.9 Å². The van der Waals surface area contributed by atoms with Crippen molar-refractivity contribution >= 4 is 17.3 Å². The van der Waals surface area contributed by atoms with Crippen molar-refractivity contribution in [2.75, 3.05) is 11.1 Å². The summed E-state index contributed by atoms with van der Waals surface area (Å²) >= 11 is 0.